The molecule has 2 unspecified atom stereocenters. The van der Waals surface area contributed by atoms with Gasteiger partial charge in [0.25, 0.3) is 0 Å². The lowest BCUT2D eigenvalue weighted by molar-refractivity contribution is 0.174. The first kappa shape index (κ1) is 14.0. The predicted molar refractivity (Wildman–Crippen MR) is 71.7 cm³/mol. The molecule has 0 aromatic heterocycles. The van der Waals surface area contributed by atoms with Crippen molar-refractivity contribution in [3.63, 3.8) is 0 Å². The SMILES string of the molecule is COCCC(C)C(N)c1ccc(Br)c(Cl)c1. The molecule has 0 radical (unpaired) electrons. The van der Waals surface area contributed by atoms with Gasteiger partial charge in [0.15, 0.2) is 0 Å². The normalized spacial score (nSPS) is 14.8. The van der Waals surface area contributed by atoms with E-state index >= 15 is 0 Å². The minimum absolute atomic E-state index is 0.000694. The highest BCUT2D eigenvalue weighted by Gasteiger charge is 2.15. The lowest BCUT2D eigenvalue weighted by Gasteiger charge is -2.20. The number of hydrogen-bond donors (Lipinski definition) is 1. The number of rotatable bonds is 5. The molecule has 4 heteroatoms. The maximum absolute atomic E-state index is 6.17. The number of nitrogens with two attached hydrogens (primary N) is 1. The molecule has 16 heavy (non-hydrogen) atoms. The minimum Gasteiger partial charge on any atom is -0.385 e. The molecule has 2 nitrogen and oxygen atoms in total. The molecule has 2 N–H and O–H groups in total. The highest BCUT2D eigenvalue weighted by Crippen LogP contribution is 2.28. The first-order chi connectivity index (χ1) is 7.56. The van der Waals surface area contributed by atoms with Gasteiger partial charge in [-0.1, -0.05) is 24.6 Å². The summed E-state index contributed by atoms with van der Waals surface area (Å²) in [5, 5.41) is 0.701. The fourth-order valence-corrected chi connectivity index (χ4v) is 1.97. The van der Waals surface area contributed by atoms with Crippen molar-refractivity contribution in [3.05, 3.63) is 33.3 Å². The van der Waals surface area contributed by atoms with Gasteiger partial charge in [-0.15, -0.1) is 0 Å². The molecule has 0 aliphatic rings. The summed E-state index contributed by atoms with van der Waals surface area (Å²) in [5.41, 5.74) is 7.24. The summed E-state index contributed by atoms with van der Waals surface area (Å²) >= 11 is 9.40. The van der Waals surface area contributed by atoms with E-state index in [9.17, 15) is 0 Å². The molecule has 2 atom stereocenters. The van der Waals surface area contributed by atoms with E-state index in [1.165, 1.54) is 0 Å². The largest absolute Gasteiger partial charge is 0.385 e. The zero-order valence-corrected chi connectivity index (χ0v) is 11.9. The third kappa shape index (κ3) is 3.74. The summed E-state index contributed by atoms with van der Waals surface area (Å²) in [6, 6.07) is 5.85. The highest BCUT2D eigenvalue weighted by molar-refractivity contribution is 9.10. The van der Waals surface area contributed by atoms with Crippen LogP contribution in [0, 0.1) is 5.92 Å². The summed E-state index contributed by atoms with van der Waals surface area (Å²) < 4.78 is 5.95. The molecule has 1 rings (SSSR count). The summed E-state index contributed by atoms with van der Waals surface area (Å²) in [6.45, 7) is 2.86. The van der Waals surface area contributed by atoms with E-state index in [0.717, 1.165) is 23.1 Å². The van der Waals surface area contributed by atoms with Crippen LogP contribution in [0.15, 0.2) is 22.7 Å². The van der Waals surface area contributed by atoms with Gasteiger partial charge in [-0.25, -0.2) is 0 Å². The smallest absolute Gasteiger partial charge is 0.0551 e. The molecule has 1 aromatic carbocycles. The van der Waals surface area contributed by atoms with Gasteiger partial charge < -0.3 is 10.5 Å². The molecule has 0 fully saturated rings. The Morgan fingerprint density at radius 3 is 2.75 bits per heavy atom. The molecule has 0 heterocycles. The number of hydrogen-bond acceptors (Lipinski definition) is 2. The number of methoxy groups -OCH3 is 1. The first-order valence-electron chi connectivity index (χ1n) is 5.25. The van der Waals surface area contributed by atoms with Crippen LogP contribution >= 0.6 is 27.5 Å². The zero-order valence-electron chi connectivity index (χ0n) is 9.54. The van der Waals surface area contributed by atoms with Crippen LogP contribution in [0.4, 0.5) is 0 Å². The van der Waals surface area contributed by atoms with E-state index < -0.39 is 0 Å². The maximum Gasteiger partial charge on any atom is 0.0551 e. The molecule has 0 aliphatic carbocycles. The molecule has 1 aromatic rings. The molecule has 0 aliphatic heterocycles. The Balaban J connectivity index is 2.71. The lowest BCUT2D eigenvalue weighted by Crippen LogP contribution is -2.20. The van der Waals surface area contributed by atoms with Crippen molar-refractivity contribution < 1.29 is 4.74 Å². The highest BCUT2D eigenvalue weighted by atomic mass is 79.9. The molecule has 0 saturated carbocycles. The van der Waals surface area contributed by atoms with Crippen molar-refractivity contribution in [1.82, 2.24) is 0 Å². The van der Waals surface area contributed by atoms with Gasteiger partial charge in [-0.05, 0) is 46.0 Å². The third-order valence-electron chi connectivity index (χ3n) is 2.72. The summed E-state index contributed by atoms with van der Waals surface area (Å²) in [7, 11) is 1.70. The summed E-state index contributed by atoms with van der Waals surface area (Å²) in [6.07, 6.45) is 0.950. The van der Waals surface area contributed by atoms with Crippen molar-refractivity contribution in [3.8, 4) is 0 Å². The van der Waals surface area contributed by atoms with Crippen LogP contribution in [0.3, 0.4) is 0 Å². The van der Waals surface area contributed by atoms with Crippen LogP contribution in [0.5, 0.6) is 0 Å². The van der Waals surface area contributed by atoms with Crippen LogP contribution in [0.25, 0.3) is 0 Å². The van der Waals surface area contributed by atoms with E-state index in [0.29, 0.717) is 10.9 Å². The van der Waals surface area contributed by atoms with Crippen molar-refractivity contribution in [2.45, 2.75) is 19.4 Å². The van der Waals surface area contributed by atoms with Gasteiger partial charge in [0.1, 0.15) is 0 Å². The van der Waals surface area contributed by atoms with Gasteiger partial charge in [0, 0.05) is 24.2 Å². The van der Waals surface area contributed by atoms with E-state index in [1.807, 2.05) is 18.2 Å². The quantitative estimate of drug-likeness (QED) is 0.898. The van der Waals surface area contributed by atoms with Crippen molar-refractivity contribution >= 4 is 27.5 Å². The molecule has 0 amide bonds. The van der Waals surface area contributed by atoms with Crippen molar-refractivity contribution in [2.75, 3.05) is 13.7 Å². The summed E-state index contributed by atoms with van der Waals surface area (Å²) in [5.74, 6) is 0.372. The second-order valence-electron chi connectivity index (χ2n) is 3.96. The second-order valence-corrected chi connectivity index (χ2v) is 5.22. The van der Waals surface area contributed by atoms with Crippen LogP contribution in [-0.4, -0.2) is 13.7 Å². The van der Waals surface area contributed by atoms with Crippen LogP contribution in [0.2, 0.25) is 5.02 Å². The van der Waals surface area contributed by atoms with Gasteiger partial charge >= 0.3 is 0 Å². The average molecular weight is 307 g/mol. The standard InChI is InChI=1S/C12H17BrClNO/c1-8(5-6-16-2)12(15)9-3-4-10(13)11(14)7-9/h3-4,7-8,12H,5-6,15H2,1-2H3. The topological polar surface area (TPSA) is 35.2 Å². The van der Waals surface area contributed by atoms with Crippen LogP contribution in [0.1, 0.15) is 24.9 Å². The van der Waals surface area contributed by atoms with Crippen LogP contribution in [-0.2, 0) is 4.74 Å². The Hall–Kier alpha value is -0.0900. The summed E-state index contributed by atoms with van der Waals surface area (Å²) in [4.78, 5) is 0. The number of halogens is 2. The molecule has 0 saturated heterocycles. The lowest BCUT2D eigenvalue weighted by atomic mass is 9.93. The second kappa shape index (κ2) is 6.60. The average Bonchev–Trinajstić information content (AvgIpc) is 2.28. The van der Waals surface area contributed by atoms with Crippen molar-refractivity contribution in [1.29, 1.82) is 0 Å². The number of benzene rings is 1. The fourth-order valence-electron chi connectivity index (χ4n) is 1.53. The van der Waals surface area contributed by atoms with Gasteiger partial charge in [-0.3, -0.25) is 0 Å². The van der Waals surface area contributed by atoms with E-state index in [2.05, 4.69) is 22.9 Å². The van der Waals surface area contributed by atoms with Gasteiger partial charge in [-0.2, -0.15) is 0 Å². The predicted octanol–water partition coefficient (Wildman–Crippen LogP) is 3.77. The van der Waals surface area contributed by atoms with Gasteiger partial charge in [0.2, 0.25) is 0 Å². The Bertz CT molecular complexity index is 346. The minimum atomic E-state index is 0.000694. The van der Waals surface area contributed by atoms with E-state index in [4.69, 9.17) is 22.1 Å². The monoisotopic (exact) mass is 305 g/mol. The maximum atomic E-state index is 6.17. The Morgan fingerprint density at radius 2 is 2.19 bits per heavy atom. The third-order valence-corrected chi connectivity index (χ3v) is 3.95. The molecule has 90 valence electrons. The first-order valence-corrected chi connectivity index (χ1v) is 6.42. The Kier molecular flexibility index (Phi) is 5.76. The molecular weight excluding hydrogens is 289 g/mol. The van der Waals surface area contributed by atoms with E-state index in [-0.39, 0.29) is 6.04 Å². The molecular formula is C12H17BrClNO. The van der Waals surface area contributed by atoms with E-state index in [1.54, 1.807) is 7.11 Å². The Morgan fingerprint density at radius 1 is 1.50 bits per heavy atom. The van der Waals surface area contributed by atoms with Crippen molar-refractivity contribution in [2.24, 2.45) is 11.7 Å². The fraction of sp³-hybridized carbons (Fsp3) is 0.500. The van der Waals surface area contributed by atoms with Gasteiger partial charge in [0.05, 0.1) is 5.02 Å². The van der Waals surface area contributed by atoms with Crippen LogP contribution < -0.4 is 5.73 Å². The number of ether oxygens (including phenoxy) is 1. The zero-order chi connectivity index (χ0) is 12.1. The molecule has 0 spiro atoms. The molecule has 0 bridgehead atoms. The Labute approximate surface area is 110 Å².